The van der Waals surface area contributed by atoms with Crippen molar-refractivity contribution in [2.75, 3.05) is 37.0 Å². The number of nitrogens with one attached hydrogen (secondary N) is 3. The van der Waals surface area contributed by atoms with Crippen LogP contribution in [0.4, 0.5) is 21.5 Å². The summed E-state index contributed by atoms with van der Waals surface area (Å²) in [5, 5.41) is 8.56. The summed E-state index contributed by atoms with van der Waals surface area (Å²) >= 11 is 17.8. The highest BCUT2D eigenvalue weighted by molar-refractivity contribution is 7.97. The molecule has 0 atom stereocenters. The molecule has 6 nitrogen and oxygen atoms in total. The third-order valence-electron chi connectivity index (χ3n) is 4.69. The molecule has 1 saturated heterocycles. The van der Waals surface area contributed by atoms with Gasteiger partial charge in [-0.25, -0.2) is 4.39 Å². The van der Waals surface area contributed by atoms with E-state index in [1.807, 2.05) is 17.0 Å². The number of halogens is 3. The summed E-state index contributed by atoms with van der Waals surface area (Å²) in [6.45, 7) is 3.30. The average Bonchev–Trinajstić information content (AvgIpc) is 3.23. The molecule has 0 aromatic heterocycles. The van der Waals surface area contributed by atoms with Gasteiger partial charge in [0.15, 0.2) is 0 Å². The van der Waals surface area contributed by atoms with Gasteiger partial charge in [-0.1, -0.05) is 23.2 Å². The van der Waals surface area contributed by atoms with Gasteiger partial charge in [0.25, 0.3) is 0 Å². The molecule has 3 N–H and O–H groups in total. The Morgan fingerprint density at radius 1 is 1.23 bits per heavy atom. The lowest BCUT2D eigenvalue weighted by Crippen LogP contribution is -2.29. The smallest absolute Gasteiger partial charge is 0.220 e. The molecule has 1 aliphatic rings. The highest BCUT2D eigenvalue weighted by atomic mass is 35.5. The molecule has 0 aliphatic carbocycles. The van der Waals surface area contributed by atoms with E-state index in [1.165, 1.54) is 11.5 Å². The maximum Gasteiger partial charge on any atom is 0.220 e. The summed E-state index contributed by atoms with van der Waals surface area (Å²) in [6, 6.07) is 8.26. The van der Waals surface area contributed by atoms with Crippen LogP contribution in [0.15, 0.2) is 46.5 Å². The molecule has 0 radical (unpaired) electrons. The van der Waals surface area contributed by atoms with Crippen LogP contribution in [0.2, 0.25) is 10.0 Å². The molecule has 11 heteroatoms. The first-order valence-corrected chi connectivity index (χ1v) is 11.4. The van der Waals surface area contributed by atoms with Crippen molar-refractivity contribution in [2.24, 2.45) is 0 Å². The largest absolute Gasteiger partial charge is 0.374 e. The molecule has 0 spiro atoms. The second-order valence-corrected chi connectivity index (χ2v) is 8.68. The van der Waals surface area contributed by atoms with E-state index in [-0.39, 0.29) is 5.91 Å². The Morgan fingerprint density at radius 3 is 2.65 bits per heavy atom. The van der Waals surface area contributed by atoms with Gasteiger partial charge in [-0.3, -0.25) is 4.79 Å². The first-order chi connectivity index (χ1) is 14.8. The van der Waals surface area contributed by atoms with E-state index in [0.717, 1.165) is 17.6 Å². The van der Waals surface area contributed by atoms with Crippen molar-refractivity contribution in [1.29, 1.82) is 0 Å². The first kappa shape index (κ1) is 23.7. The Kier molecular flexibility index (Phi) is 8.10. The third-order valence-corrected chi connectivity index (χ3v) is 6.35. The van der Waals surface area contributed by atoms with Gasteiger partial charge in [-0.2, -0.15) is 0 Å². The zero-order valence-corrected chi connectivity index (χ0v) is 20.1. The van der Waals surface area contributed by atoms with Gasteiger partial charge in [-0.05, 0) is 36.2 Å². The summed E-state index contributed by atoms with van der Waals surface area (Å²) in [5.74, 6) is 0.209. The molecule has 166 valence electrons. The average molecular weight is 502 g/mol. The summed E-state index contributed by atoms with van der Waals surface area (Å²) in [5.41, 5.74) is 1.95. The van der Waals surface area contributed by atoms with Crippen molar-refractivity contribution in [2.45, 2.75) is 11.8 Å². The number of amides is 1. The number of hydrogen-bond donors (Lipinski definition) is 4. The van der Waals surface area contributed by atoms with Crippen LogP contribution in [0.3, 0.4) is 0 Å². The van der Waals surface area contributed by atoms with Crippen molar-refractivity contribution >= 4 is 70.7 Å². The number of carbonyl (C=O) groups excluding carboxylic acids is 1. The topological polar surface area (TPSA) is 59.6 Å². The van der Waals surface area contributed by atoms with E-state index in [4.69, 9.17) is 23.2 Å². The van der Waals surface area contributed by atoms with Crippen LogP contribution in [-0.4, -0.2) is 37.6 Å². The number of nitrogens with zero attached hydrogens (tertiary/aromatic N) is 2. The minimum Gasteiger partial charge on any atom is -0.374 e. The van der Waals surface area contributed by atoms with Crippen LogP contribution < -0.4 is 20.3 Å². The molecule has 0 unspecified atom stereocenters. The number of carbonyl (C=O) groups is 1. The fourth-order valence-electron chi connectivity index (χ4n) is 3.01. The van der Waals surface area contributed by atoms with E-state index in [0.29, 0.717) is 51.9 Å². The standard InChI is InChI=1S/C20H22Cl2FN5OS2/c1-12(29)27-5-6-28(11-27)18-7-13(21)3-4-16(18)25-17-9-15(23)19(8-14(17)22)31-26-20(10-30)24-2/h3-4,7-10,24-26,30H,5-6,11H2,1-2H3/b20-10+. The van der Waals surface area contributed by atoms with Crippen LogP contribution in [0.5, 0.6) is 0 Å². The van der Waals surface area contributed by atoms with Gasteiger partial charge in [-0.15, -0.1) is 12.6 Å². The molecule has 2 aromatic carbocycles. The van der Waals surface area contributed by atoms with Crippen LogP contribution in [0, 0.1) is 5.82 Å². The third kappa shape index (κ3) is 5.85. The Bertz CT molecular complexity index is 1010. The molecule has 1 aliphatic heterocycles. The van der Waals surface area contributed by atoms with Crippen molar-refractivity contribution in [1.82, 2.24) is 14.9 Å². The lowest BCUT2D eigenvalue weighted by molar-refractivity contribution is -0.127. The molecular weight excluding hydrogens is 480 g/mol. The van der Waals surface area contributed by atoms with Gasteiger partial charge in [0, 0.05) is 43.6 Å². The molecular formula is C20H22Cl2FN5OS2. The number of benzene rings is 2. The van der Waals surface area contributed by atoms with Crippen LogP contribution in [-0.2, 0) is 4.79 Å². The molecule has 2 aromatic rings. The van der Waals surface area contributed by atoms with Crippen LogP contribution in [0.25, 0.3) is 0 Å². The molecule has 31 heavy (non-hydrogen) atoms. The molecule has 0 bridgehead atoms. The van der Waals surface area contributed by atoms with E-state index in [1.54, 1.807) is 31.0 Å². The highest BCUT2D eigenvalue weighted by Gasteiger charge is 2.24. The van der Waals surface area contributed by atoms with Crippen molar-refractivity contribution in [3.8, 4) is 0 Å². The summed E-state index contributed by atoms with van der Waals surface area (Å²) in [7, 11) is 1.73. The number of thiol groups is 1. The van der Waals surface area contributed by atoms with Gasteiger partial charge in [0.2, 0.25) is 5.91 Å². The Morgan fingerprint density at radius 2 is 2.00 bits per heavy atom. The predicted molar refractivity (Wildman–Crippen MR) is 131 cm³/mol. The highest BCUT2D eigenvalue weighted by Crippen LogP contribution is 2.37. The maximum atomic E-state index is 14.7. The SMILES string of the molecule is CN/C(=C\S)NSc1cc(Cl)c(Nc2ccc(Cl)cc2N2CCN(C(C)=O)C2)cc1F. The normalized spacial score (nSPS) is 14.1. The molecule has 1 fully saturated rings. The second kappa shape index (κ2) is 10.6. The first-order valence-electron chi connectivity index (χ1n) is 9.33. The van der Waals surface area contributed by atoms with Crippen LogP contribution >= 0.6 is 47.8 Å². The van der Waals surface area contributed by atoms with Gasteiger partial charge in [0.05, 0.1) is 33.6 Å². The molecule has 1 heterocycles. The van der Waals surface area contributed by atoms with Crippen molar-refractivity contribution in [3.63, 3.8) is 0 Å². The van der Waals surface area contributed by atoms with E-state index in [9.17, 15) is 9.18 Å². The fraction of sp³-hybridized carbons (Fsp3) is 0.250. The zero-order chi connectivity index (χ0) is 22.5. The van der Waals surface area contributed by atoms with Gasteiger partial charge < -0.3 is 25.2 Å². The lowest BCUT2D eigenvalue weighted by atomic mass is 10.2. The monoisotopic (exact) mass is 501 g/mol. The van der Waals surface area contributed by atoms with E-state index >= 15 is 0 Å². The summed E-state index contributed by atoms with van der Waals surface area (Å²) < 4.78 is 17.7. The van der Waals surface area contributed by atoms with Crippen molar-refractivity contribution < 1.29 is 9.18 Å². The van der Waals surface area contributed by atoms with E-state index < -0.39 is 5.82 Å². The molecule has 0 saturated carbocycles. The molecule has 3 rings (SSSR count). The number of anilines is 3. The quantitative estimate of drug-likeness (QED) is 0.314. The minimum absolute atomic E-state index is 0.0139. The van der Waals surface area contributed by atoms with E-state index in [2.05, 4.69) is 28.0 Å². The second-order valence-electron chi connectivity index (χ2n) is 6.73. The maximum absolute atomic E-state index is 14.7. The van der Waals surface area contributed by atoms with Crippen LogP contribution in [0.1, 0.15) is 6.92 Å². The summed E-state index contributed by atoms with van der Waals surface area (Å²) in [4.78, 5) is 15.8. The molecule has 1 amide bonds. The Balaban J connectivity index is 1.83. The van der Waals surface area contributed by atoms with Crippen molar-refractivity contribution in [3.05, 3.63) is 57.4 Å². The Labute approximate surface area is 200 Å². The fourth-order valence-corrected chi connectivity index (χ4v) is 4.45. The number of rotatable bonds is 7. The van der Waals surface area contributed by atoms with Gasteiger partial charge >= 0.3 is 0 Å². The predicted octanol–water partition coefficient (Wildman–Crippen LogP) is 5.05. The summed E-state index contributed by atoms with van der Waals surface area (Å²) in [6.07, 6.45) is 0. The Hall–Kier alpha value is -1.94. The minimum atomic E-state index is -0.432. The zero-order valence-electron chi connectivity index (χ0n) is 16.9. The lowest BCUT2D eigenvalue weighted by Gasteiger charge is -2.23. The number of hydrogen-bond acceptors (Lipinski definition) is 7. The van der Waals surface area contributed by atoms with Gasteiger partial charge in [0.1, 0.15) is 11.6 Å².